The summed E-state index contributed by atoms with van der Waals surface area (Å²) in [5.41, 5.74) is 4.22. The molecule has 0 N–H and O–H groups in total. The lowest BCUT2D eigenvalue weighted by Gasteiger charge is -2.18. The van der Waals surface area contributed by atoms with E-state index in [9.17, 15) is 9.59 Å². The van der Waals surface area contributed by atoms with Crippen LogP contribution in [0.2, 0.25) is 0 Å². The van der Waals surface area contributed by atoms with E-state index >= 15 is 0 Å². The maximum atomic E-state index is 12.5. The van der Waals surface area contributed by atoms with E-state index in [-0.39, 0.29) is 11.6 Å². The molecular formula is C16H14N4O2. The molecule has 3 aromatic rings. The van der Waals surface area contributed by atoms with Crippen molar-refractivity contribution in [1.29, 1.82) is 0 Å². The number of aromatic nitrogens is 4. The molecule has 0 radical (unpaired) electrons. The van der Waals surface area contributed by atoms with Crippen LogP contribution < -0.4 is 0 Å². The summed E-state index contributed by atoms with van der Waals surface area (Å²) in [4.78, 5) is 29.1. The van der Waals surface area contributed by atoms with Gasteiger partial charge in [0.1, 0.15) is 6.33 Å². The highest BCUT2D eigenvalue weighted by molar-refractivity contribution is 6.07. The first-order valence-electron chi connectivity index (χ1n) is 7.71. The van der Waals surface area contributed by atoms with Crippen molar-refractivity contribution >= 4 is 22.9 Å². The van der Waals surface area contributed by atoms with Crippen LogP contribution in [0.3, 0.4) is 0 Å². The summed E-state index contributed by atoms with van der Waals surface area (Å²) in [7, 11) is 0. The first-order chi connectivity index (χ1) is 10.8. The van der Waals surface area contributed by atoms with Gasteiger partial charge in [-0.15, -0.1) is 0 Å². The van der Waals surface area contributed by atoms with Crippen LogP contribution in [-0.4, -0.2) is 30.6 Å². The second-order valence-corrected chi connectivity index (χ2v) is 6.07. The minimum Gasteiger partial charge on any atom is -0.294 e. The normalized spacial score (nSPS) is 18.0. The Hall–Kier alpha value is -2.50. The number of fused-ring (bicyclic) bond motifs is 8. The van der Waals surface area contributed by atoms with Crippen LogP contribution in [0.25, 0.3) is 11.3 Å². The third-order valence-electron chi connectivity index (χ3n) is 4.85. The van der Waals surface area contributed by atoms with E-state index < -0.39 is 0 Å². The summed E-state index contributed by atoms with van der Waals surface area (Å²) in [6, 6.07) is 1.90. The summed E-state index contributed by atoms with van der Waals surface area (Å²) < 4.78 is 3.75. The molecule has 0 fully saturated rings. The van der Waals surface area contributed by atoms with Crippen LogP contribution in [0.15, 0.2) is 12.4 Å². The van der Waals surface area contributed by atoms with Gasteiger partial charge in [-0.05, 0) is 31.7 Å². The van der Waals surface area contributed by atoms with Gasteiger partial charge in [-0.25, -0.2) is 4.52 Å². The van der Waals surface area contributed by atoms with Crippen molar-refractivity contribution in [1.82, 2.24) is 19.0 Å². The van der Waals surface area contributed by atoms with Crippen molar-refractivity contribution in [3.63, 3.8) is 0 Å². The zero-order valence-electron chi connectivity index (χ0n) is 12.0. The molecule has 2 aliphatic rings. The lowest BCUT2D eigenvalue weighted by molar-refractivity contribution is 0.0964. The first kappa shape index (κ1) is 12.1. The summed E-state index contributed by atoms with van der Waals surface area (Å²) in [6.07, 6.45) is 6.02. The highest BCUT2D eigenvalue weighted by Gasteiger charge is 2.30. The van der Waals surface area contributed by atoms with Crippen molar-refractivity contribution in [2.45, 2.75) is 38.5 Å². The molecule has 5 rings (SSSR count). The number of ketones is 2. The first-order valence-corrected chi connectivity index (χ1v) is 7.71. The molecule has 22 heavy (non-hydrogen) atoms. The Morgan fingerprint density at radius 3 is 2.59 bits per heavy atom. The molecule has 0 aromatic carbocycles. The Balaban J connectivity index is 2.03. The minimum absolute atomic E-state index is 0.144. The number of rotatable bonds is 0. The van der Waals surface area contributed by atoms with E-state index in [1.165, 1.54) is 6.33 Å². The van der Waals surface area contributed by atoms with Gasteiger partial charge in [-0.2, -0.15) is 10.1 Å². The predicted octanol–water partition coefficient (Wildman–Crippen LogP) is 2.02. The predicted molar refractivity (Wildman–Crippen MR) is 78.5 cm³/mol. The smallest absolute Gasteiger partial charge is 0.237 e. The fraction of sp³-hybridized carbons (Fsp3) is 0.375. The molecule has 0 unspecified atom stereocenters. The number of hydrogen-bond acceptors (Lipinski definition) is 4. The van der Waals surface area contributed by atoms with Crippen LogP contribution in [0.5, 0.6) is 0 Å². The minimum atomic E-state index is 0.144. The molecule has 0 saturated heterocycles. The quantitative estimate of drug-likeness (QED) is 0.636. The third-order valence-corrected chi connectivity index (χ3v) is 4.85. The van der Waals surface area contributed by atoms with E-state index in [1.807, 2.05) is 10.5 Å². The molecule has 110 valence electrons. The van der Waals surface area contributed by atoms with Crippen LogP contribution >= 0.6 is 0 Å². The molecule has 0 aliphatic heterocycles. The number of carbonyl (C=O) groups excluding carboxylic acids is 2. The standard InChI is InChI=1S/C16H14N4O2/c21-13-5-1-3-10-9(13)7-12-15-11(4-2-6-14(15)22)20-16(19(10)12)17-8-18-20/h7-8H,1-6H2. The number of hydrogen-bond donors (Lipinski definition) is 0. The largest absolute Gasteiger partial charge is 0.294 e. The molecule has 3 aromatic heterocycles. The fourth-order valence-corrected chi connectivity index (χ4v) is 3.91. The highest BCUT2D eigenvalue weighted by atomic mass is 16.1. The summed E-state index contributed by atoms with van der Waals surface area (Å²) in [5, 5.41) is 4.31. The van der Waals surface area contributed by atoms with Gasteiger partial charge in [-0.1, -0.05) is 0 Å². The van der Waals surface area contributed by atoms with Crippen LogP contribution in [0.1, 0.15) is 57.8 Å². The topological polar surface area (TPSA) is 68.7 Å². The summed E-state index contributed by atoms with van der Waals surface area (Å²) in [6.45, 7) is 0. The summed E-state index contributed by atoms with van der Waals surface area (Å²) in [5.74, 6) is 1.02. The molecule has 3 heterocycles. The molecule has 6 nitrogen and oxygen atoms in total. The summed E-state index contributed by atoms with van der Waals surface area (Å²) >= 11 is 0. The average molecular weight is 294 g/mol. The van der Waals surface area contributed by atoms with Gasteiger partial charge in [0, 0.05) is 24.1 Å². The average Bonchev–Trinajstić information content (AvgIpc) is 3.11. The molecule has 0 saturated carbocycles. The van der Waals surface area contributed by atoms with Crippen molar-refractivity contribution in [3.05, 3.63) is 34.9 Å². The molecule has 0 atom stereocenters. The maximum Gasteiger partial charge on any atom is 0.237 e. The number of nitrogens with zero attached hydrogens (tertiary/aromatic N) is 4. The van der Waals surface area contributed by atoms with E-state index in [0.29, 0.717) is 18.6 Å². The van der Waals surface area contributed by atoms with E-state index in [4.69, 9.17) is 0 Å². The Morgan fingerprint density at radius 1 is 0.955 bits per heavy atom. The molecule has 0 spiro atoms. The second-order valence-electron chi connectivity index (χ2n) is 6.07. The van der Waals surface area contributed by atoms with Crippen molar-refractivity contribution in [3.8, 4) is 0 Å². The van der Waals surface area contributed by atoms with Gasteiger partial charge in [0.25, 0.3) is 0 Å². The Kier molecular flexibility index (Phi) is 2.21. The van der Waals surface area contributed by atoms with Crippen molar-refractivity contribution < 1.29 is 9.59 Å². The third kappa shape index (κ3) is 1.35. The van der Waals surface area contributed by atoms with E-state index in [2.05, 4.69) is 10.1 Å². The molecule has 0 bridgehead atoms. The van der Waals surface area contributed by atoms with Crippen LogP contribution in [0, 0.1) is 0 Å². The molecule has 2 aliphatic carbocycles. The number of aryl methyl sites for hydroxylation is 2. The van der Waals surface area contributed by atoms with Crippen LogP contribution in [0.4, 0.5) is 0 Å². The van der Waals surface area contributed by atoms with E-state index in [0.717, 1.165) is 53.7 Å². The molecular weight excluding hydrogens is 280 g/mol. The Morgan fingerprint density at radius 2 is 1.73 bits per heavy atom. The number of carbonyl (C=O) groups is 2. The maximum absolute atomic E-state index is 12.5. The van der Waals surface area contributed by atoms with Crippen molar-refractivity contribution in [2.75, 3.05) is 0 Å². The second kappa shape index (κ2) is 4.03. The molecule has 6 heteroatoms. The van der Waals surface area contributed by atoms with Crippen molar-refractivity contribution in [2.24, 2.45) is 0 Å². The highest BCUT2D eigenvalue weighted by Crippen LogP contribution is 2.32. The van der Waals surface area contributed by atoms with Gasteiger partial charge >= 0.3 is 0 Å². The van der Waals surface area contributed by atoms with Gasteiger partial charge in [0.05, 0.1) is 16.8 Å². The monoisotopic (exact) mass is 294 g/mol. The molecule has 0 amide bonds. The zero-order chi connectivity index (χ0) is 14.8. The Labute approximate surface area is 125 Å². The number of Topliss-reactive ketones (excluding diaryl/α,β-unsaturated/α-hetero) is 2. The van der Waals surface area contributed by atoms with Gasteiger partial charge in [0.2, 0.25) is 5.78 Å². The lowest BCUT2D eigenvalue weighted by Crippen LogP contribution is -2.19. The van der Waals surface area contributed by atoms with Gasteiger partial charge in [0.15, 0.2) is 11.6 Å². The van der Waals surface area contributed by atoms with Gasteiger partial charge in [-0.3, -0.25) is 14.0 Å². The van der Waals surface area contributed by atoms with Crippen LogP contribution in [-0.2, 0) is 12.8 Å². The Bertz CT molecular complexity index is 979. The zero-order valence-corrected chi connectivity index (χ0v) is 12.0. The SMILES string of the molecule is O=C1CCCc2c1cc1c3c(n4ncnc4n21)CCCC3=O. The lowest BCUT2D eigenvalue weighted by atomic mass is 9.94. The fourth-order valence-electron chi connectivity index (χ4n) is 3.91. The van der Waals surface area contributed by atoms with Gasteiger partial charge < -0.3 is 0 Å². The van der Waals surface area contributed by atoms with E-state index in [1.54, 1.807) is 4.52 Å².